The van der Waals surface area contributed by atoms with Crippen molar-refractivity contribution in [2.24, 2.45) is 0 Å². The van der Waals surface area contributed by atoms with Crippen molar-refractivity contribution in [3.05, 3.63) is 62.9 Å². The first-order chi connectivity index (χ1) is 13.1. The van der Waals surface area contributed by atoms with E-state index in [1.807, 2.05) is 12.1 Å². The van der Waals surface area contributed by atoms with Crippen molar-refractivity contribution in [2.45, 2.75) is 26.4 Å². The Morgan fingerprint density at radius 2 is 1.96 bits per heavy atom. The fourth-order valence-electron chi connectivity index (χ4n) is 2.76. The van der Waals surface area contributed by atoms with Crippen LogP contribution in [0.25, 0.3) is 22.6 Å². The van der Waals surface area contributed by atoms with E-state index in [1.54, 1.807) is 24.3 Å². The third-order valence-electron chi connectivity index (χ3n) is 3.93. The Bertz CT molecular complexity index is 1140. The monoisotopic (exact) mass is 430 g/mol. The first kappa shape index (κ1) is 17.5. The number of fused-ring (bicyclic) bond motifs is 1. The fraction of sp³-hybridized carbons (Fsp3) is 0.211. The zero-order valence-corrected chi connectivity index (χ0v) is 16.0. The molecule has 0 saturated carbocycles. The highest BCUT2D eigenvalue weighted by molar-refractivity contribution is 9.10. The molecule has 0 saturated heterocycles. The summed E-state index contributed by atoms with van der Waals surface area (Å²) in [5, 5.41) is 8.79. The number of nitrogens with zero attached hydrogens (tertiary/aromatic N) is 2. The molecule has 0 atom stereocenters. The Kier molecular flexibility index (Phi) is 4.81. The highest BCUT2D eigenvalue weighted by atomic mass is 79.9. The normalized spacial score (nSPS) is 11.2. The van der Waals surface area contributed by atoms with Gasteiger partial charge in [-0.2, -0.15) is 0 Å². The van der Waals surface area contributed by atoms with Crippen molar-refractivity contribution in [1.29, 1.82) is 0 Å². The van der Waals surface area contributed by atoms with E-state index in [2.05, 4.69) is 33.1 Å². The van der Waals surface area contributed by atoms with E-state index in [0.29, 0.717) is 27.7 Å². The van der Waals surface area contributed by atoms with E-state index in [0.717, 1.165) is 23.8 Å². The van der Waals surface area contributed by atoms with Gasteiger partial charge in [0, 0.05) is 17.5 Å². The van der Waals surface area contributed by atoms with E-state index in [9.17, 15) is 4.79 Å². The van der Waals surface area contributed by atoms with Gasteiger partial charge in [0.15, 0.2) is 17.0 Å². The summed E-state index contributed by atoms with van der Waals surface area (Å²) in [5.41, 5.74) is 1.10. The Morgan fingerprint density at radius 1 is 1.07 bits per heavy atom. The number of benzene rings is 1. The lowest BCUT2D eigenvalue weighted by molar-refractivity contribution is 0.263. The second-order valence-electron chi connectivity index (χ2n) is 5.89. The van der Waals surface area contributed by atoms with Crippen molar-refractivity contribution < 1.29 is 18.0 Å². The first-order valence-electron chi connectivity index (χ1n) is 8.40. The van der Waals surface area contributed by atoms with E-state index < -0.39 is 0 Å². The number of rotatable bonds is 6. The minimum atomic E-state index is -0.366. The van der Waals surface area contributed by atoms with Gasteiger partial charge in [0.25, 0.3) is 11.8 Å². The van der Waals surface area contributed by atoms with E-state index in [1.165, 1.54) is 0 Å². The summed E-state index contributed by atoms with van der Waals surface area (Å²) in [5.74, 6) is 1.59. The minimum absolute atomic E-state index is 0.0826. The zero-order valence-electron chi connectivity index (χ0n) is 14.4. The number of ether oxygens (including phenoxy) is 1. The highest BCUT2D eigenvalue weighted by Gasteiger charge is 2.13. The zero-order chi connectivity index (χ0) is 18.8. The van der Waals surface area contributed by atoms with Gasteiger partial charge in [0.2, 0.25) is 0 Å². The van der Waals surface area contributed by atoms with Crippen LogP contribution in [0.3, 0.4) is 0 Å². The van der Waals surface area contributed by atoms with Crippen molar-refractivity contribution in [3.8, 4) is 17.4 Å². The maximum atomic E-state index is 11.8. The van der Waals surface area contributed by atoms with E-state index >= 15 is 0 Å². The Labute approximate surface area is 162 Å². The molecule has 0 spiro atoms. The molecule has 1 aromatic carbocycles. The van der Waals surface area contributed by atoms with Crippen LogP contribution in [0.2, 0.25) is 0 Å². The topological polar surface area (TPSA) is 91.5 Å². The fourth-order valence-corrected chi connectivity index (χ4v) is 3.07. The van der Waals surface area contributed by atoms with E-state index in [-0.39, 0.29) is 18.1 Å². The van der Waals surface area contributed by atoms with Crippen molar-refractivity contribution >= 4 is 26.9 Å². The van der Waals surface area contributed by atoms with Gasteiger partial charge in [-0.3, -0.25) is 0 Å². The molecule has 0 amide bonds. The van der Waals surface area contributed by atoms with Crippen molar-refractivity contribution in [3.63, 3.8) is 0 Å². The van der Waals surface area contributed by atoms with Crippen LogP contribution in [-0.4, -0.2) is 10.2 Å². The molecule has 0 fully saturated rings. The van der Waals surface area contributed by atoms with Crippen LogP contribution < -0.4 is 10.4 Å². The third-order valence-corrected chi connectivity index (χ3v) is 4.36. The Morgan fingerprint density at radius 3 is 2.74 bits per heavy atom. The van der Waals surface area contributed by atoms with Gasteiger partial charge in [0.05, 0.1) is 0 Å². The summed E-state index contributed by atoms with van der Waals surface area (Å²) < 4.78 is 22.5. The summed E-state index contributed by atoms with van der Waals surface area (Å²) in [4.78, 5) is 11.8. The minimum Gasteiger partial charge on any atom is -0.484 e. The molecular weight excluding hydrogens is 416 g/mol. The molecule has 0 aliphatic heterocycles. The molecular formula is C19H15BrN2O5. The van der Waals surface area contributed by atoms with Gasteiger partial charge in [-0.1, -0.05) is 13.3 Å². The molecule has 7 nitrogen and oxygen atoms in total. The summed E-state index contributed by atoms with van der Waals surface area (Å²) in [6.07, 6.45) is 1.76. The predicted octanol–water partition coefficient (Wildman–Crippen LogP) is 4.73. The average Bonchev–Trinajstić information content (AvgIpc) is 3.28. The van der Waals surface area contributed by atoms with Crippen LogP contribution in [-0.2, 0) is 13.0 Å². The average molecular weight is 431 g/mol. The molecule has 0 aliphatic carbocycles. The molecule has 0 N–H and O–H groups in total. The van der Waals surface area contributed by atoms with Gasteiger partial charge in [-0.15, -0.1) is 10.2 Å². The number of furan rings is 1. The molecule has 27 heavy (non-hydrogen) atoms. The molecule has 0 unspecified atom stereocenters. The van der Waals surface area contributed by atoms with Crippen molar-refractivity contribution in [1.82, 2.24) is 10.2 Å². The molecule has 0 bridgehead atoms. The Hall–Kier alpha value is -2.87. The molecule has 138 valence electrons. The van der Waals surface area contributed by atoms with Crippen LogP contribution in [0.1, 0.15) is 24.8 Å². The van der Waals surface area contributed by atoms with Gasteiger partial charge in [-0.05, 0) is 52.2 Å². The lowest BCUT2D eigenvalue weighted by atomic mass is 10.1. The summed E-state index contributed by atoms with van der Waals surface area (Å²) in [7, 11) is 0. The van der Waals surface area contributed by atoms with Crippen LogP contribution in [0.5, 0.6) is 5.75 Å². The first-order valence-corrected chi connectivity index (χ1v) is 9.19. The van der Waals surface area contributed by atoms with Gasteiger partial charge in [0.1, 0.15) is 11.3 Å². The predicted molar refractivity (Wildman–Crippen MR) is 101 cm³/mol. The van der Waals surface area contributed by atoms with Crippen LogP contribution in [0.4, 0.5) is 0 Å². The van der Waals surface area contributed by atoms with Crippen LogP contribution in [0, 0.1) is 0 Å². The molecule has 3 heterocycles. The molecule has 3 aromatic heterocycles. The van der Waals surface area contributed by atoms with Crippen LogP contribution in [0.15, 0.2) is 59.1 Å². The van der Waals surface area contributed by atoms with Crippen LogP contribution >= 0.6 is 15.9 Å². The summed E-state index contributed by atoms with van der Waals surface area (Å²) in [6.45, 7) is 2.15. The lowest BCUT2D eigenvalue weighted by Crippen LogP contribution is -2.01. The number of hydrogen-bond acceptors (Lipinski definition) is 7. The summed E-state index contributed by atoms with van der Waals surface area (Å²) >= 11 is 3.22. The smallest absolute Gasteiger partial charge is 0.336 e. The number of aryl methyl sites for hydroxylation is 1. The van der Waals surface area contributed by atoms with Crippen molar-refractivity contribution in [2.75, 3.05) is 0 Å². The molecule has 0 radical (unpaired) electrons. The highest BCUT2D eigenvalue weighted by Crippen LogP contribution is 2.26. The van der Waals surface area contributed by atoms with Gasteiger partial charge < -0.3 is 18.0 Å². The second-order valence-corrected chi connectivity index (χ2v) is 6.67. The van der Waals surface area contributed by atoms with Gasteiger partial charge >= 0.3 is 5.63 Å². The standard InChI is InChI=1S/C19H15BrN2O5/c1-2-3-11-8-18(23)26-15-9-12(4-5-13(11)15)24-10-17-21-22-19(27-17)14-6-7-16(20)25-14/h4-9H,2-3,10H2,1H3. The van der Waals surface area contributed by atoms with E-state index in [4.69, 9.17) is 18.0 Å². The number of halogens is 1. The molecule has 4 aromatic rings. The third kappa shape index (κ3) is 3.80. The number of aromatic nitrogens is 2. The second kappa shape index (κ2) is 7.40. The lowest BCUT2D eigenvalue weighted by Gasteiger charge is -2.07. The molecule has 0 aliphatic rings. The molecule has 4 rings (SSSR count). The largest absolute Gasteiger partial charge is 0.484 e. The SMILES string of the molecule is CCCc1cc(=O)oc2cc(OCc3nnc(-c4ccc(Br)o4)o3)ccc12. The molecule has 8 heteroatoms. The maximum absolute atomic E-state index is 11.8. The number of hydrogen-bond donors (Lipinski definition) is 0. The Balaban J connectivity index is 1.52. The maximum Gasteiger partial charge on any atom is 0.336 e. The summed E-state index contributed by atoms with van der Waals surface area (Å²) in [6, 6.07) is 10.4. The van der Waals surface area contributed by atoms with Gasteiger partial charge in [-0.25, -0.2) is 4.79 Å². The quantitative estimate of drug-likeness (QED) is 0.408.